The minimum absolute atomic E-state index is 0.0255. The molecule has 1 saturated heterocycles. The van der Waals surface area contributed by atoms with E-state index in [9.17, 15) is 14.7 Å². The van der Waals surface area contributed by atoms with E-state index in [0.29, 0.717) is 25.0 Å². The summed E-state index contributed by atoms with van der Waals surface area (Å²) in [6.07, 6.45) is 0.662. The van der Waals surface area contributed by atoms with Crippen molar-refractivity contribution in [2.75, 3.05) is 6.61 Å². The monoisotopic (exact) mass is 340 g/mol. The van der Waals surface area contributed by atoms with Gasteiger partial charge in [-0.15, -0.1) is 0 Å². The second kappa shape index (κ2) is 6.06. The Labute approximate surface area is 126 Å². The molecule has 1 N–H and O–H groups in total. The highest BCUT2D eigenvalue weighted by molar-refractivity contribution is 9.10. The Morgan fingerprint density at radius 3 is 2.60 bits per heavy atom. The summed E-state index contributed by atoms with van der Waals surface area (Å²) in [7, 11) is 0. The van der Waals surface area contributed by atoms with Crippen LogP contribution in [0.15, 0.2) is 28.7 Å². The summed E-state index contributed by atoms with van der Waals surface area (Å²) in [5.74, 6) is -1.04. The van der Waals surface area contributed by atoms with Gasteiger partial charge in [-0.3, -0.25) is 9.59 Å². The maximum atomic E-state index is 12.3. The van der Waals surface area contributed by atoms with Gasteiger partial charge in [0.25, 0.3) is 0 Å². The normalized spacial score (nSPS) is 26.2. The number of Topliss-reactive ketones (excluding diaryl/α,β-unsaturated/α-hetero) is 1. The molecule has 1 aliphatic rings. The average molecular weight is 341 g/mol. The second-order valence-corrected chi connectivity index (χ2v) is 6.24. The summed E-state index contributed by atoms with van der Waals surface area (Å²) in [5.41, 5.74) is -0.449. The summed E-state index contributed by atoms with van der Waals surface area (Å²) in [6.45, 7) is 2.24. The summed E-state index contributed by atoms with van der Waals surface area (Å²) >= 11 is 3.31. The van der Waals surface area contributed by atoms with Crippen molar-refractivity contribution in [1.29, 1.82) is 0 Å². The van der Waals surface area contributed by atoms with E-state index >= 15 is 0 Å². The standard InChI is InChI=1S/C15H17BrO4/c1-10-8-15(14(18)19,6-7-20-10)9-13(17)11-2-4-12(16)5-3-11/h2-5,10H,6-9H2,1H3,(H,18,19). The lowest BCUT2D eigenvalue weighted by atomic mass is 9.73. The van der Waals surface area contributed by atoms with Crippen LogP contribution in [0.3, 0.4) is 0 Å². The van der Waals surface area contributed by atoms with Crippen LogP contribution in [0.4, 0.5) is 0 Å². The smallest absolute Gasteiger partial charge is 0.310 e. The van der Waals surface area contributed by atoms with E-state index < -0.39 is 11.4 Å². The fraction of sp³-hybridized carbons (Fsp3) is 0.467. The van der Waals surface area contributed by atoms with Crippen LogP contribution in [0.5, 0.6) is 0 Å². The molecule has 2 atom stereocenters. The second-order valence-electron chi connectivity index (χ2n) is 5.33. The number of carbonyl (C=O) groups is 2. The molecule has 0 aliphatic carbocycles. The Balaban J connectivity index is 2.18. The molecule has 0 amide bonds. The minimum Gasteiger partial charge on any atom is -0.481 e. The van der Waals surface area contributed by atoms with Gasteiger partial charge < -0.3 is 9.84 Å². The van der Waals surface area contributed by atoms with Crippen molar-refractivity contribution >= 4 is 27.7 Å². The number of ketones is 1. The zero-order chi connectivity index (χ0) is 14.8. The number of rotatable bonds is 4. The zero-order valence-electron chi connectivity index (χ0n) is 11.3. The third-order valence-electron chi connectivity index (χ3n) is 3.78. The van der Waals surface area contributed by atoms with Crippen LogP contribution in [0.2, 0.25) is 0 Å². The zero-order valence-corrected chi connectivity index (χ0v) is 12.9. The van der Waals surface area contributed by atoms with Gasteiger partial charge in [0.15, 0.2) is 5.78 Å². The molecule has 1 aliphatic heterocycles. The molecule has 5 heteroatoms. The predicted molar refractivity (Wildman–Crippen MR) is 77.8 cm³/mol. The number of aliphatic carboxylic acids is 1. The molecule has 108 valence electrons. The predicted octanol–water partition coefficient (Wildman–Crippen LogP) is 3.29. The first-order valence-electron chi connectivity index (χ1n) is 6.57. The van der Waals surface area contributed by atoms with Crippen molar-refractivity contribution in [2.24, 2.45) is 5.41 Å². The molecule has 0 radical (unpaired) electrons. The Morgan fingerprint density at radius 2 is 2.05 bits per heavy atom. The maximum absolute atomic E-state index is 12.3. The Bertz CT molecular complexity index is 511. The van der Waals surface area contributed by atoms with Gasteiger partial charge in [0, 0.05) is 23.1 Å². The van der Waals surface area contributed by atoms with Crippen molar-refractivity contribution in [3.05, 3.63) is 34.3 Å². The van der Waals surface area contributed by atoms with E-state index in [1.54, 1.807) is 24.3 Å². The van der Waals surface area contributed by atoms with Gasteiger partial charge in [-0.25, -0.2) is 0 Å². The van der Waals surface area contributed by atoms with E-state index in [4.69, 9.17) is 4.74 Å². The van der Waals surface area contributed by atoms with Crippen LogP contribution in [-0.4, -0.2) is 29.6 Å². The van der Waals surface area contributed by atoms with E-state index in [1.807, 2.05) is 6.92 Å². The molecule has 1 heterocycles. The van der Waals surface area contributed by atoms with Crippen LogP contribution in [-0.2, 0) is 9.53 Å². The van der Waals surface area contributed by atoms with E-state index in [-0.39, 0.29) is 18.3 Å². The first-order chi connectivity index (χ1) is 9.43. The Morgan fingerprint density at radius 1 is 1.40 bits per heavy atom. The van der Waals surface area contributed by atoms with Crippen LogP contribution < -0.4 is 0 Å². The molecule has 0 saturated carbocycles. The quantitative estimate of drug-likeness (QED) is 0.854. The molecule has 0 spiro atoms. The SMILES string of the molecule is CC1CC(CC(=O)c2ccc(Br)cc2)(C(=O)O)CCO1. The lowest BCUT2D eigenvalue weighted by Crippen LogP contribution is -2.41. The van der Waals surface area contributed by atoms with Crippen LogP contribution >= 0.6 is 15.9 Å². The van der Waals surface area contributed by atoms with Crippen molar-refractivity contribution in [3.63, 3.8) is 0 Å². The minimum atomic E-state index is -0.998. The van der Waals surface area contributed by atoms with Gasteiger partial charge in [0.2, 0.25) is 0 Å². The number of ether oxygens (including phenoxy) is 1. The summed E-state index contributed by atoms with van der Waals surface area (Å²) in [5, 5.41) is 9.53. The number of benzene rings is 1. The van der Waals surface area contributed by atoms with E-state index in [0.717, 1.165) is 4.47 Å². The van der Waals surface area contributed by atoms with Crippen molar-refractivity contribution in [1.82, 2.24) is 0 Å². The summed E-state index contributed by atoms with van der Waals surface area (Å²) < 4.78 is 6.30. The molecular weight excluding hydrogens is 324 g/mol. The first-order valence-corrected chi connectivity index (χ1v) is 7.36. The Kier molecular flexibility index (Phi) is 4.60. The third kappa shape index (κ3) is 3.27. The van der Waals surface area contributed by atoms with Gasteiger partial charge in [0.05, 0.1) is 11.5 Å². The lowest BCUT2D eigenvalue weighted by molar-refractivity contribution is -0.158. The van der Waals surface area contributed by atoms with Crippen molar-refractivity contribution in [3.8, 4) is 0 Å². The molecule has 2 rings (SSSR count). The Hall–Kier alpha value is -1.20. The van der Waals surface area contributed by atoms with Crippen LogP contribution in [0.1, 0.15) is 36.5 Å². The highest BCUT2D eigenvalue weighted by atomic mass is 79.9. The number of carbonyl (C=O) groups excluding carboxylic acids is 1. The highest BCUT2D eigenvalue weighted by Crippen LogP contribution is 2.38. The summed E-state index contributed by atoms with van der Waals surface area (Å²) in [4.78, 5) is 23.9. The fourth-order valence-electron chi connectivity index (χ4n) is 2.64. The lowest BCUT2D eigenvalue weighted by Gasteiger charge is -2.36. The molecule has 2 unspecified atom stereocenters. The van der Waals surface area contributed by atoms with Crippen LogP contribution in [0, 0.1) is 5.41 Å². The van der Waals surface area contributed by atoms with Crippen LogP contribution in [0.25, 0.3) is 0 Å². The molecule has 1 fully saturated rings. The van der Waals surface area contributed by atoms with E-state index in [1.165, 1.54) is 0 Å². The fourth-order valence-corrected chi connectivity index (χ4v) is 2.91. The molecule has 0 aromatic heterocycles. The van der Waals surface area contributed by atoms with Gasteiger partial charge in [0.1, 0.15) is 0 Å². The van der Waals surface area contributed by atoms with Gasteiger partial charge in [-0.2, -0.15) is 0 Å². The van der Waals surface area contributed by atoms with E-state index in [2.05, 4.69) is 15.9 Å². The number of hydrogen-bond acceptors (Lipinski definition) is 3. The highest BCUT2D eigenvalue weighted by Gasteiger charge is 2.44. The number of hydrogen-bond donors (Lipinski definition) is 1. The molecule has 1 aromatic rings. The van der Waals surface area contributed by atoms with Crippen molar-refractivity contribution in [2.45, 2.75) is 32.3 Å². The van der Waals surface area contributed by atoms with Gasteiger partial charge in [-0.1, -0.05) is 28.1 Å². The molecule has 0 bridgehead atoms. The summed E-state index contributed by atoms with van der Waals surface area (Å²) in [6, 6.07) is 7.00. The third-order valence-corrected chi connectivity index (χ3v) is 4.31. The van der Waals surface area contributed by atoms with Crippen molar-refractivity contribution < 1.29 is 19.4 Å². The maximum Gasteiger partial charge on any atom is 0.310 e. The average Bonchev–Trinajstić information content (AvgIpc) is 2.39. The largest absolute Gasteiger partial charge is 0.481 e. The number of carboxylic acid groups (broad SMARTS) is 1. The molecule has 4 nitrogen and oxygen atoms in total. The molecule has 20 heavy (non-hydrogen) atoms. The number of halogens is 1. The first kappa shape index (κ1) is 15.2. The molecule has 1 aromatic carbocycles. The number of carboxylic acids is 1. The molecular formula is C15H17BrO4. The topological polar surface area (TPSA) is 63.6 Å². The van der Waals surface area contributed by atoms with Gasteiger partial charge in [-0.05, 0) is 31.9 Å². The van der Waals surface area contributed by atoms with Gasteiger partial charge >= 0.3 is 5.97 Å².